The number of nitrogens with zero attached hydrogens (tertiary/aromatic N) is 1. The molecule has 6 nitrogen and oxygen atoms in total. The van der Waals surface area contributed by atoms with Crippen molar-refractivity contribution in [3.63, 3.8) is 0 Å². The minimum absolute atomic E-state index is 0.417. The summed E-state index contributed by atoms with van der Waals surface area (Å²) in [6.07, 6.45) is -2.24. The maximum Gasteiger partial charge on any atom is 0.343 e. The fraction of sp³-hybridized carbons (Fsp3) is 0.500. The number of aliphatic hydroxyl groups is 2. The van der Waals surface area contributed by atoms with E-state index in [1.807, 2.05) is 0 Å². The van der Waals surface area contributed by atoms with Crippen LogP contribution in [-0.4, -0.2) is 32.9 Å². The Morgan fingerprint density at radius 2 is 2.00 bits per heavy atom. The molecule has 0 unspecified atom stereocenters. The van der Waals surface area contributed by atoms with Crippen molar-refractivity contribution in [2.75, 3.05) is 0 Å². The summed E-state index contributed by atoms with van der Waals surface area (Å²) in [6.45, 7) is 0. The fourth-order valence-electron chi connectivity index (χ4n) is 0.114. The van der Waals surface area contributed by atoms with E-state index in [2.05, 4.69) is 5.73 Å². The number of urea groups is 1. The first-order valence-electron chi connectivity index (χ1n) is 1.69. The van der Waals surface area contributed by atoms with Crippen LogP contribution < -0.4 is 5.73 Å². The monoisotopic (exact) mass is 122 g/mol. The Balaban J connectivity index is 3.64. The topological polar surface area (TPSA) is 107 Å². The Labute approximate surface area is 44.7 Å². The first kappa shape index (κ1) is 7.15. The average molecular weight is 122 g/mol. The largest absolute Gasteiger partial charge is 0.350 e. The van der Waals surface area contributed by atoms with Gasteiger partial charge in [0.1, 0.15) is 0 Å². The van der Waals surface area contributed by atoms with E-state index < -0.39 is 17.5 Å². The van der Waals surface area contributed by atoms with Gasteiger partial charge in [-0.05, 0) is 0 Å². The molecular weight excluding hydrogens is 116 g/mol. The average Bonchev–Trinajstić information content (AvgIpc) is 1.64. The molecule has 0 saturated heterocycles. The van der Waals surface area contributed by atoms with Crippen LogP contribution in [0.25, 0.3) is 0 Å². The van der Waals surface area contributed by atoms with Gasteiger partial charge in [-0.15, -0.1) is 0 Å². The Morgan fingerprint density at radius 1 is 1.62 bits per heavy atom. The Morgan fingerprint density at radius 3 is 2.00 bits per heavy atom. The van der Waals surface area contributed by atoms with E-state index in [4.69, 9.17) is 15.4 Å². The number of amides is 2. The van der Waals surface area contributed by atoms with Crippen molar-refractivity contribution in [1.82, 2.24) is 5.06 Å². The quantitative estimate of drug-likeness (QED) is 0.184. The molecule has 6 heteroatoms. The maximum atomic E-state index is 9.72. The van der Waals surface area contributed by atoms with Crippen LogP contribution >= 0.6 is 0 Å². The summed E-state index contributed by atoms with van der Waals surface area (Å²) in [7, 11) is 0. The molecule has 5 N–H and O–H groups in total. The zero-order chi connectivity index (χ0) is 6.73. The number of rotatable bonds is 1. The van der Waals surface area contributed by atoms with Crippen LogP contribution in [0.2, 0.25) is 0 Å². The van der Waals surface area contributed by atoms with Gasteiger partial charge in [-0.2, -0.15) is 5.06 Å². The Hall–Kier alpha value is -0.850. The zero-order valence-corrected chi connectivity index (χ0v) is 3.85. The number of hydroxylamine groups is 2. The highest BCUT2D eigenvalue weighted by Crippen LogP contribution is 1.82. The second-order valence-corrected chi connectivity index (χ2v) is 1.03. The molecular formula is C2H6N2O4. The van der Waals surface area contributed by atoms with Crippen molar-refractivity contribution in [3.05, 3.63) is 0 Å². The molecule has 0 aromatic rings. The molecule has 0 radical (unpaired) electrons. The lowest BCUT2D eigenvalue weighted by Crippen LogP contribution is -2.40. The molecule has 0 bridgehead atoms. The molecule has 8 heavy (non-hydrogen) atoms. The highest BCUT2D eigenvalue weighted by molar-refractivity contribution is 5.70. The van der Waals surface area contributed by atoms with E-state index in [-0.39, 0.29) is 0 Å². The van der Waals surface area contributed by atoms with E-state index in [0.29, 0.717) is 0 Å². The summed E-state index contributed by atoms with van der Waals surface area (Å²) in [5, 5.41) is 23.5. The molecule has 0 saturated carbocycles. The fourth-order valence-corrected chi connectivity index (χ4v) is 0.114. The zero-order valence-electron chi connectivity index (χ0n) is 3.85. The lowest BCUT2D eigenvalue weighted by Gasteiger charge is -2.11. The minimum atomic E-state index is -2.24. The van der Waals surface area contributed by atoms with Crippen LogP contribution in [0.15, 0.2) is 0 Å². The second kappa shape index (κ2) is 2.46. The SMILES string of the molecule is NC(=O)N(O)C(O)O. The number of carbonyl (C=O) groups is 1. The third-order valence-electron chi connectivity index (χ3n) is 0.445. The van der Waals surface area contributed by atoms with Crippen molar-refractivity contribution >= 4 is 6.03 Å². The van der Waals surface area contributed by atoms with E-state index >= 15 is 0 Å². The lowest BCUT2D eigenvalue weighted by atomic mass is 10.9. The highest BCUT2D eigenvalue weighted by Gasteiger charge is 2.11. The molecule has 0 aromatic heterocycles. The second-order valence-electron chi connectivity index (χ2n) is 1.03. The smallest absolute Gasteiger partial charge is 0.343 e. The van der Waals surface area contributed by atoms with Crippen LogP contribution in [-0.2, 0) is 0 Å². The third kappa shape index (κ3) is 1.73. The molecule has 0 rings (SSSR count). The Kier molecular flexibility index (Phi) is 2.19. The van der Waals surface area contributed by atoms with Gasteiger partial charge in [0.15, 0.2) is 0 Å². The molecule has 48 valence electrons. The van der Waals surface area contributed by atoms with Gasteiger partial charge < -0.3 is 15.9 Å². The number of carbonyl (C=O) groups excluding carboxylic acids is 1. The molecule has 0 fully saturated rings. The van der Waals surface area contributed by atoms with Crippen molar-refractivity contribution < 1.29 is 20.2 Å². The highest BCUT2D eigenvalue weighted by atomic mass is 16.6. The summed E-state index contributed by atoms with van der Waals surface area (Å²) in [5.41, 5.74) is 4.35. The summed E-state index contributed by atoms with van der Waals surface area (Å²) in [6, 6.07) is -1.32. The molecule has 0 aromatic carbocycles. The van der Waals surface area contributed by atoms with Gasteiger partial charge in [0.05, 0.1) is 0 Å². The maximum absolute atomic E-state index is 9.72. The molecule has 0 aliphatic carbocycles. The van der Waals surface area contributed by atoms with Crippen LogP contribution in [0.4, 0.5) is 4.79 Å². The summed E-state index contributed by atoms with van der Waals surface area (Å²) >= 11 is 0. The normalized spacial score (nSPS) is 9.50. The molecule has 0 atom stereocenters. The number of primary amides is 1. The lowest BCUT2D eigenvalue weighted by molar-refractivity contribution is -0.245. The van der Waals surface area contributed by atoms with Crippen molar-refractivity contribution in [3.8, 4) is 0 Å². The van der Waals surface area contributed by atoms with Gasteiger partial charge in [-0.3, -0.25) is 5.21 Å². The summed E-state index contributed by atoms with van der Waals surface area (Å²) in [5.74, 6) is 0. The van der Waals surface area contributed by atoms with Gasteiger partial charge in [-0.1, -0.05) is 0 Å². The standard InChI is InChI=1S/C2H6N2O4/c3-1(5)4(8)2(6)7/h2,6-8H,(H2,3,5). The molecule has 0 aliphatic heterocycles. The first-order valence-corrected chi connectivity index (χ1v) is 1.69. The number of hydrogen-bond acceptors (Lipinski definition) is 4. The minimum Gasteiger partial charge on any atom is -0.350 e. The van der Waals surface area contributed by atoms with Crippen LogP contribution in [0.1, 0.15) is 0 Å². The molecule has 0 aliphatic rings. The first-order chi connectivity index (χ1) is 3.55. The predicted octanol–water partition coefficient (Wildman–Crippen LogP) is -1.98. The third-order valence-corrected chi connectivity index (χ3v) is 0.445. The van der Waals surface area contributed by atoms with Crippen molar-refractivity contribution in [2.45, 2.75) is 6.41 Å². The van der Waals surface area contributed by atoms with E-state index in [0.717, 1.165) is 0 Å². The summed E-state index contributed by atoms with van der Waals surface area (Å²) < 4.78 is 0. The molecule has 0 spiro atoms. The Bertz CT molecular complexity index is 92.0. The van der Waals surface area contributed by atoms with Crippen LogP contribution in [0.5, 0.6) is 0 Å². The van der Waals surface area contributed by atoms with Gasteiger partial charge in [0, 0.05) is 0 Å². The summed E-state index contributed by atoms with van der Waals surface area (Å²) in [4.78, 5) is 9.72. The van der Waals surface area contributed by atoms with E-state index in [9.17, 15) is 4.79 Å². The van der Waals surface area contributed by atoms with Crippen LogP contribution in [0, 0.1) is 0 Å². The van der Waals surface area contributed by atoms with Crippen molar-refractivity contribution in [1.29, 1.82) is 0 Å². The predicted molar refractivity (Wildman–Crippen MR) is 21.4 cm³/mol. The van der Waals surface area contributed by atoms with Gasteiger partial charge in [-0.25, -0.2) is 4.79 Å². The van der Waals surface area contributed by atoms with Gasteiger partial charge in [0.25, 0.3) is 6.41 Å². The molecule has 0 heterocycles. The van der Waals surface area contributed by atoms with E-state index in [1.54, 1.807) is 0 Å². The number of aliphatic hydroxyl groups excluding tert-OH is 1. The van der Waals surface area contributed by atoms with E-state index in [1.165, 1.54) is 0 Å². The van der Waals surface area contributed by atoms with Gasteiger partial charge in [0.2, 0.25) is 0 Å². The van der Waals surface area contributed by atoms with Gasteiger partial charge >= 0.3 is 6.03 Å². The number of nitrogens with two attached hydrogens (primary N) is 1. The van der Waals surface area contributed by atoms with Crippen molar-refractivity contribution in [2.24, 2.45) is 5.73 Å². The number of hydrogen-bond donors (Lipinski definition) is 4. The molecule has 2 amide bonds. The van der Waals surface area contributed by atoms with Crippen LogP contribution in [0.3, 0.4) is 0 Å².